The lowest BCUT2D eigenvalue weighted by atomic mass is 10.2. The summed E-state index contributed by atoms with van der Waals surface area (Å²) in [5.41, 5.74) is 0.946. The van der Waals surface area contributed by atoms with Gasteiger partial charge in [0.05, 0.1) is 19.3 Å². The quantitative estimate of drug-likeness (QED) is 0.740. The third-order valence-electron chi connectivity index (χ3n) is 2.30. The molecule has 0 saturated carbocycles. The molecule has 1 aromatic carbocycles. The van der Waals surface area contributed by atoms with Crippen molar-refractivity contribution >= 4 is 11.5 Å². The molecule has 0 aliphatic carbocycles. The van der Waals surface area contributed by atoms with Crippen LogP contribution in [0, 0.1) is 0 Å². The zero-order chi connectivity index (χ0) is 11.3. The predicted octanol–water partition coefficient (Wildman–Crippen LogP) is 2.11. The minimum Gasteiger partial charge on any atom is -0.495 e. The fraction of sp³-hybridized carbons (Fsp3) is 0.417. The van der Waals surface area contributed by atoms with Crippen LogP contribution in [0.15, 0.2) is 24.3 Å². The van der Waals surface area contributed by atoms with Gasteiger partial charge in [-0.25, -0.2) is 0 Å². The molecule has 0 spiro atoms. The normalized spacial score (nSPS) is 9.80. The van der Waals surface area contributed by atoms with Gasteiger partial charge in [-0.05, 0) is 12.1 Å². The van der Waals surface area contributed by atoms with Crippen molar-refractivity contribution in [2.45, 2.75) is 13.3 Å². The van der Waals surface area contributed by atoms with Crippen LogP contribution < -0.4 is 9.64 Å². The van der Waals surface area contributed by atoms with Crippen LogP contribution in [0.2, 0.25) is 0 Å². The van der Waals surface area contributed by atoms with Crippen molar-refractivity contribution in [1.82, 2.24) is 0 Å². The molecule has 0 aromatic heterocycles. The minimum atomic E-state index is 0.225. The van der Waals surface area contributed by atoms with E-state index in [0.29, 0.717) is 13.0 Å². The summed E-state index contributed by atoms with van der Waals surface area (Å²) in [5.74, 6) is 1.02. The Morgan fingerprint density at radius 2 is 2.07 bits per heavy atom. The Morgan fingerprint density at radius 1 is 1.40 bits per heavy atom. The standard InChI is InChI=1S/C12H17NO2/c1-4-10(14)9-13(2)11-7-5-6-8-12(11)15-3/h5-8H,4,9H2,1-3H3. The lowest BCUT2D eigenvalue weighted by Crippen LogP contribution is -2.25. The number of likely N-dealkylation sites (N-methyl/N-ethyl adjacent to an activating group) is 1. The number of anilines is 1. The van der Waals surface area contributed by atoms with Crippen molar-refractivity contribution in [3.63, 3.8) is 0 Å². The molecule has 1 aromatic rings. The monoisotopic (exact) mass is 207 g/mol. The molecule has 0 fully saturated rings. The van der Waals surface area contributed by atoms with Crippen molar-refractivity contribution in [2.24, 2.45) is 0 Å². The number of benzene rings is 1. The molecule has 82 valence electrons. The second-order valence-corrected chi connectivity index (χ2v) is 3.42. The average molecular weight is 207 g/mol. The Bertz CT molecular complexity index is 336. The van der Waals surface area contributed by atoms with Gasteiger partial charge < -0.3 is 9.64 Å². The highest BCUT2D eigenvalue weighted by molar-refractivity contribution is 5.83. The Balaban J connectivity index is 2.80. The number of ether oxygens (including phenoxy) is 1. The van der Waals surface area contributed by atoms with E-state index in [0.717, 1.165) is 11.4 Å². The van der Waals surface area contributed by atoms with Gasteiger partial charge in [-0.2, -0.15) is 0 Å². The van der Waals surface area contributed by atoms with Crippen molar-refractivity contribution in [2.75, 3.05) is 25.6 Å². The fourth-order valence-corrected chi connectivity index (χ4v) is 1.41. The summed E-state index contributed by atoms with van der Waals surface area (Å²) in [4.78, 5) is 13.2. The fourth-order valence-electron chi connectivity index (χ4n) is 1.41. The van der Waals surface area contributed by atoms with Crippen LogP contribution in [-0.4, -0.2) is 26.5 Å². The molecule has 0 N–H and O–H groups in total. The first-order valence-corrected chi connectivity index (χ1v) is 5.05. The Labute approximate surface area is 90.7 Å². The molecule has 1 rings (SSSR count). The van der Waals surface area contributed by atoms with Crippen LogP contribution in [0.25, 0.3) is 0 Å². The van der Waals surface area contributed by atoms with Crippen LogP contribution in [0.1, 0.15) is 13.3 Å². The number of carbonyl (C=O) groups excluding carboxylic acids is 1. The maximum Gasteiger partial charge on any atom is 0.151 e. The maximum atomic E-state index is 11.3. The van der Waals surface area contributed by atoms with Gasteiger partial charge in [0, 0.05) is 13.5 Å². The second kappa shape index (κ2) is 5.39. The Kier molecular flexibility index (Phi) is 4.16. The van der Waals surface area contributed by atoms with E-state index >= 15 is 0 Å². The largest absolute Gasteiger partial charge is 0.495 e. The molecule has 0 atom stereocenters. The third-order valence-corrected chi connectivity index (χ3v) is 2.30. The van der Waals surface area contributed by atoms with Gasteiger partial charge in [-0.15, -0.1) is 0 Å². The maximum absolute atomic E-state index is 11.3. The highest BCUT2D eigenvalue weighted by Crippen LogP contribution is 2.26. The number of nitrogens with zero attached hydrogens (tertiary/aromatic N) is 1. The lowest BCUT2D eigenvalue weighted by molar-refractivity contribution is -0.117. The van der Waals surface area contributed by atoms with Crippen LogP contribution in [0.5, 0.6) is 5.75 Å². The van der Waals surface area contributed by atoms with Gasteiger partial charge in [0.2, 0.25) is 0 Å². The summed E-state index contributed by atoms with van der Waals surface area (Å²) in [6.45, 7) is 2.30. The first-order chi connectivity index (χ1) is 7.19. The van der Waals surface area contributed by atoms with Crippen molar-refractivity contribution in [3.05, 3.63) is 24.3 Å². The average Bonchev–Trinajstić information content (AvgIpc) is 2.28. The highest BCUT2D eigenvalue weighted by atomic mass is 16.5. The van der Waals surface area contributed by atoms with E-state index in [9.17, 15) is 4.79 Å². The van der Waals surface area contributed by atoms with E-state index in [1.54, 1.807) is 7.11 Å². The van der Waals surface area contributed by atoms with Crippen molar-refractivity contribution in [1.29, 1.82) is 0 Å². The van der Waals surface area contributed by atoms with Crippen LogP contribution in [0.4, 0.5) is 5.69 Å². The van der Waals surface area contributed by atoms with Crippen LogP contribution in [-0.2, 0) is 4.79 Å². The van der Waals surface area contributed by atoms with E-state index in [1.807, 2.05) is 43.1 Å². The number of para-hydroxylation sites is 2. The van der Waals surface area contributed by atoms with Gasteiger partial charge in [0.25, 0.3) is 0 Å². The van der Waals surface area contributed by atoms with Gasteiger partial charge >= 0.3 is 0 Å². The number of methoxy groups -OCH3 is 1. The van der Waals surface area contributed by atoms with E-state index in [1.165, 1.54) is 0 Å². The lowest BCUT2D eigenvalue weighted by Gasteiger charge is -2.20. The molecule has 0 unspecified atom stereocenters. The first-order valence-electron chi connectivity index (χ1n) is 5.05. The summed E-state index contributed by atoms with van der Waals surface area (Å²) >= 11 is 0. The zero-order valence-corrected chi connectivity index (χ0v) is 9.49. The van der Waals surface area contributed by atoms with Gasteiger partial charge in [-0.3, -0.25) is 4.79 Å². The minimum absolute atomic E-state index is 0.225. The topological polar surface area (TPSA) is 29.5 Å². The molecule has 0 radical (unpaired) electrons. The molecular formula is C12H17NO2. The summed E-state index contributed by atoms with van der Waals surface area (Å²) in [6, 6.07) is 7.69. The second-order valence-electron chi connectivity index (χ2n) is 3.42. The number of ketones is 1. The molecule has 0 aliphatic heterocycles. The molecular weight excluding hydrogens is 190 g/mol. The summed E-state index contributed by atoms with van der Waals surface area (Å²) in [5, 5.41) is 0. The molecule has 3 heteroatoms. The molecule has 0 saturated heterocycles. The molecule has 15 heavy (non-hydrogen) atoms. The van der Waals surface area contributed by atoms with E-state index in [4.69, 9.17) is 4.74 Å². The highest BCUT2D eigenvalue weighted by Gasteiger charge is 2.09. The number of rotatable bonds is 5. The Morgan fingerprint density at radius 3 is 2.67 bits per heavy atom. The van der Waals surface area contributed by atoms with E-state index in [2.05, 4.69) is 0 Å². The molecule has 3 nitrogen and oxygen atoms in total. The smallest absolute Gasteiger partial charge is 0.151 e. The molecule has 0 amide bonds. The third kappa shape index (κ3) is 2.98. The predicted molar refractivity (Wildman–Crippen MR) is 61.6 cm³/mol. The van der Waals surface area contributed by atoms with Gasteiger partial charge in [-0.1, -0.05) is 19.1 Å². The Hall–Kier alpha value is -1.51. The van der Waals surface area contributed by atoms with Crippen LogP contribution in [0.3, 0.4) is 0 Å². The molecule has 0 heterocycles. The number of hydrogen-bond acceptors (Lipinski definition) is 3. The van der Waals surface area contributed by atoms with Crippen molar-refractivity contribution < 1.29 is 9.53 Å². The van der Waals surface area contributed by atoms with Crippen LogP contribution >= 0.6 is 0 Å². The molecule has 0 aliphatic rings. The summed E-state index contributed by atoms with van der Waals surface area (Å²) in [7, 11) is 3.53. The number of carbonyl (C=O) groups is 1. The summed E-state index contributed by atoms with van der Waals surface area (Å²) in [6.07, 6.45) is 0.569. The SMILES string of the molecule is CCC(=O)CN(C)c1ccccc1OC. The van der Waals surface area contributed by atoms with E-state index < -0.39 is 0 Å². The number of Topliss-reactive ketones (excluding diaryl/α,β-unsaturated/α-hetero) is 1. The summed E-state index contributed by atoms with van der Waals surface area (Å²) < 4.78 is 5.23. The first kappa shape index (κ1) is 11.6. The van der Waals surface area contributed by atoms with Crippen molar-refractivity contribution in [3.8, 4) is 5.75 Å². The molecule has 0 bridgehead atoms. The zero-order valence-electron chi connectivity index (χ0n) is 9.49. The van der Waals surface area contributed by atoms with Gasteiger partial charge in [0.15, 0.2) is 5.78 Å². The van der Waals surface area contributed by atoms with Gasteiger partial charge in [0.1, 0.15) is 5.75 Å². The van der Waals surface area contributed by atoms with E-state index in [-0.39, 0.29) is 5.78 Å². The number of hydrogen-bond donors (Lipinski definition) is 0.